The van der Waals surface area contributed by atoms with Crippen LogP contribution in [0, 0.1) is 41.4 Å². The summed E-state index contributed by atoms with van der Waals surface area (Å²) in [7, 11) is 0. The molecule has 0 radical (unpaired) electrons. The van der Waals surface area contributed by atoms with Crippen molar-refractivity contribution in [2.45, 2.75) is 199 Å². The quantitative estimate of drug-likeness (QED) is 0.127. The Bertz CT molecular complexity index is 1630. The van der Waals surface area contributed by atoms with Crippen LogP contribution in [0.4, 0.5) is 4.79 Å². The summed E-state index contributed by atoms with van der Waals surface area (Å²) in [5.41, 5.74) is -1.75. The van der Waals surface area contributed by atoms with Crippen molar-refractivity contribution in [1.82, 2.24) is 10.2 Å². The third kappa shape index (κ3) is 10.6. The predicted molar refractivity (Wildman–Crippen MR) is 238 cm³/mol. The highest BCUT2D eigenvalue weighted by Gasteiger charge is 2.63. The van der Waals surface area contributed by atoms with Crippen LogP contribution >= 0.6 is 0 Å². The number of carboxylic acids is 1. The van der Waals surface area contributed by atoms with E-state index < -0.39 is 95.1 Å². The lowest BCUT2D eigenvalue weighted by molar-refractivity contribution is -0.398. The Labute approximate surface area is 382 Å². The fraction of sp³-hybridized carbons (Fsp3) is 0.898. The molecule has 6 aliphatic heterocycles. The second-order valence-corrected chi connectivity index (χ2v) is 20.7. The number of alkyl carbamates (subject to hydrolysis) is 1. The lowest BCUT2D eigenvalue weighted by atomic mass is 9.72. The smallest absolute Gasteiger partial charge is 0.407 e. The number of ether oxygens (including phenoxy) is 7. The Hall–Kier alpha value is -2.21. The molecule has 18 atom stereocenters. The molecule has 6 rings (SSSR count). The number of aliphatic hydroxyl groups is 2. The second-order valence-electron chi connectivity index (χ2n) is 20.7. The minimum Gasteiger partial charge on any atom is -0.481 e. The summed E-state index contributed by atoms with van der Waals surface area (Å²) < 4.78 is 45.8. The van der Waals surface area contributed by atoms with Crippen molar-refractivity contribution in [3.63, 3.8) is 0 Å². The van der Waals surface area contributed by atoms with Gasteiger partial charge in [0, 0.05) is 49.7 Å². The molecule has 0 aromatic heterocycles. The average molecular weight is 907 g/mol. The molecule has 0 saturated carbocycles. The van der Waals surface area contributed by atoms with E-state index in [9.17, 15) is 29.7 Å². The number of carboxylic acid groups (broad SMARTS) is 1. The largest absolute Gasteiger partial charge is 0.481 e. The van der Waals surface area contributed by atoms with Gasteiger partial charge in [-0.3, -0.25) is 14.5 Å². The Morgan fingerprint density at radius 1 is 0.906 bits per heavy atom. The normalized spacial score (nSPS) is 41.8. The molecule has 15 nitrogen and oxygen atoms in total. The van der Waals surface area contributed by atoms with Gasteiger partial charge in [0.05, 0.1) is 67.0 Å². The molecule has 6 aliphatic rings. The maximum atomic E-state index is 14.7. The molecule has 366 valence electrons. The van der Waals surface area contributed by atoms with Crippen molar-refractivity contribution in [2.75, 3.05) is 39.5 Å². The van der Waals surface area contributed by atoms with Gasteiger partial charge in [0.15, 0.2) is 11.6 Å². The number of hydrogen-bond donors (Lipinski definition) is 4. The van der Waals surface area contributed by atoms with E-state index in [0.717, 1.165) is 19.5 Å². The van der Waals surface area contributed by atoms with Gasteiger partial charge in [0.2, 0.25) is 0 Å². The molecule has 5 fully saturated rings. The number of hydrogen-bond acceptors (Lipinski definition) is 13. The number of Topliss-reactive ketones (excluding diaryl/α,β-unsaturated/α-hetero) is 1. The van der Waals surface area contributed by atoms with Gasteiger partial charge in [-0.05, 0) is 89.5 Å². The van der Waals surface area contributed by atoms with Crippen LogP contribution in [-0.4, -0.2) is 143 Å². The van der Waals surface area contributed by atoms with Crippen LogP contribution in [-0.2, 0) is 42.7 Å². The molecule has 6 heterocycles. The van der Waals surface area contributed by atoms with E-state index in [2.05, 4.69) is 31.0 Å². The lowest BCUT2D eigenvalue weighted by Crippen LogP contribution is -2.65. The van der Waals surface area contributed by atoms with E-state index in [-0.39, 0.29) is 36.2 Å². The second kappa shape index (κ2) is 21.0. The summed E-state index contributed by atoms with van der Waals surface area (Å²) in [6, 6.07) is -0.745. The van der Waals surface area contributed by atoms with Gasteiger partial charge in [0.1, 0.15) is 18.4 Å². The summed E-state index contributed by atoms with van der Waals surface area (Å²) in [5, 5.41) is 36.1. The fourth-order valence-electron chi connectivity index (χ4n) is 11.9. The predicted octanol–water partition coefficient (Wildman–Crippen LogP) is 6.25. The molecule has 5 saturated heterocycles. The summed E-state index contributed by atoms with van der Waals surface area (Å²) in [6.45, 7) is 23.3. The molecule has 15 heteroatoms. The maximum Gasteiger partial charge on any atom is 0.407 e. The molecule has 0 aromatic rings. The molecular formula is C49H82N2O13. The highest BCUT2D eigenvalue weighted by molar-refractivity contribution is 5.84. The first-order valence-corrected chi connectivity index (χ1v) is 24.7. The van der Waals surface area contributed by atoms with Gasteiger partial charge in [-0.2, -0.15) is 0 Å². The maximum absolute atomic E-state index is 14.7. The van der Waals surface area contributed by atoms with Crippen LogP contribution in [0.3, 0.4) is 0 Å². The Morgan fingerprint density at radius 3 is 2.25 bits per heavy atom. The average Bonchev–Trinajstić information content (AvgIpc) is 3.61. The zero-order chi connectivity index (χ0) is 46.8. The molecule has 0 aliphatic carbocycles. The van der Waals surface area contributed by atoms with Crippen LogP contribution in [0.2, 0.25) is 0 Å². The topological polar surface area (TPSA) is 192 Å². The first-order valence-electron chi connectivity index (χ1n) is 24.7. The number of carbonyl (C=O) groups excluding carboxylic acids is 2. The molecule has 0 bridgehead atoms. The van der Waals surface area contributed by atoms with Crippen LogP contribution in [0.1, 0.15) is 133 Å². The molecule has 4 N–H and O–H groups in total. The third-order valence-electron chi connectivity index (χ3n) is 16.5. The third-order valence-corrected chi connectivity index (χ3v) is 16.5. The first kappa shape index (κ1) is 51.2. The zero-order valence-electron chi connectivity index (χ0n) is 40.4. The number of aliphatic hydroxyl groups excluding tert-OH is 1. The molecule has 0 unspecified atom stereocenters. The van der Waals surface area contributed by atoms with Crippen LogP contribution in [0.15, 0.2) is 12.2 Å². The standard InChI is InChI=1S/C49H82N2O13/c1-11-35(44(54)55)37-15-14-29(4)42(61-37)33(8)40(52)32(7)41(53)36(12-2)43-30(5)28-31(6)48(62-43)19-16-38(50-45(56)59-27-24-51-22-25-58-26-23-51)49(64-48)21-20-46(10,63-49)39-17-18-47(57,13-3)34(9)60-39/h16,19,29-40,42-43,52,57H,11-15,17-18,20-28H2,1-10H3,(H,50,56)(H,54,55)/t29-,30-,31+,32-,33-,34-,35+,36-,37+,38+,39+,40+,42+,43-,46-,47+,48-,49-/m0/s1. The Kier molecular flexibility index (Phi) is 16.8. The number of ketones is 1. The minimum atomic E-state index is -1.38. The molecule has 1 amide bonds. The summed E-state index contributed by atoms with van der Waals surface area (Å²) in [6.07, 6.45) is 5.72. The molecule has 0 aromatic carbocycles. The Morgan fingerprint density at radius 2 is 1.61 bits per heavy atom. The van der Waals surface area contributed by atoms with Crippen LogP contribution < -0.4 is 5.32 Å². The highest BCUT2D eigenvalue weighted by atomic mass is 16.8. The van der Waals surface area contributed by atoms with Gasteiger partial charge in [0.25, 0.3) is 0 Å². The zero-order valence-corrected chi connectivity index (χ0v) is 40.4. The van der Waals surface area contributed by atoms with Crippen molar-refractivity contribution in [3.05, 3.63) is 12.2 Å². The molecule has 2 spiro atoms. The van der Waals surface area contributed by atoms with Crippen LogP contribution in [0.5, 0.6) is 0 Å². The number of amides is 1. The van der Waals surface area contributed by atoms with Gasteiger partial charge in [-0.25, -0.2) is 4.79 Å². The first-order chi connectivity index (χ1) is 30.3. The van der Waals surface area contributed by atoms with E-state index in [0.29, 0.717) is 77.5 Å². The van der Waals surface area contributed by atoms with E-state index >= 15 is 0 Å². The number of nitrogens with zero attached hydrogens (tertiary/aromatic N) is 1. The van der Waals surface area contributed by atoms with Gasteiger partial charge < -0.3 is 53.8 Å². The number of morpholine rings is 1. The number of nitrogens with one attached hydrogen (secondary N) is 1. The monoisotopic (exact) mass is 907 g/mol. The Balaban J connectivity index is 1.21. The highest BCUT2D eigenvalue weighted by Crippen LogP contribution is 2.54. The lowest BCUT2D eigenvalue weighted by Gasteiger charge is -2.55. The van der Waals surface area contributed by atoms with Crippen molar-refractivity contribution in [3.8, 4) is 0 Å². The molecule has 64 heavy (non-hydrogen) atoms. The van der Waals surface area contributed by atoms with Gasteiger partial charge >= 0.3 is 12.1 Å². The van der Waals surface area contributed by atoms with E-state index in [1.54, 1.807) is 6.92 Å². The number of aliphatic carboxylic acids is 1. The van der Waals surface area contributed by atoms with Crippen LogP contribution in [0.25, 0.3) is 0 Å². The SMILES string of the molecule is CC[C@@H](C(=O)[C@@H](C)[C@@H](O)[C@H](C)[C@@H]1O[C@@H]([C@@H](CC)C(=O)O)CC[C@@H]1C)[C@H]1O[C@]2(C=C[C@@H](NC(=O)OCCN3CCOCC3)[C@]3(CC[C@@](C)([C@H]4CC[C@](O)(CC)[C@H](C)O4)O3)O2)[C@H](C)C[C@@H]1C. The minimum absolute atomic E-state index is 0.0322. The number of carbonyl (C=O) groups is 3. The van der Waals surface area contributed by atoms with Gasteiger partial charge in [-0.1, -0.05) is 61.5 Å². The number of rotatable bonds is 16. The summed E-state index contributed by atoms with van der Waals surface area (Å²) in [4.78, 5) is 42.5. The van der Waals surface area contributed by atoms with Crippen molar-refractivity contribution in [1.29, 1.82) is 0 Å². The van der Waals surface area contributed by atoms with Crippen molar-refractivity contribution < 1.29 is 62.9 Å². The van der Waals surface area contributed by atoms with Crippen molar-refractivity contribution >= 4 is 17.8 Å². The fourth-order valence-corrected chi connectivity index (χ4v) is 11.9. The summed E-state index contributed by atoms with van der Waals surface area (Å²) >= 11 is 0. The van der Waals surface area contributed by atoms with Crippen molar-refractivity contribution in [2.24, 2.45) is 41.4 Å². The summed E-state index contributed by atoms with van der Waals surface area (Å²) in [5.74, 6) is -6.15. The van der Waals surface area contributed by atoms with E-state index in [4.69, 9.17) is 33.2 Å². The molecular weight excluding hydrogens is 825 g/mol. The van der Waals surface area contributed by atoms with E-state index in [1.165, 1.54) is 0 Å². The van der Waals surface area contributed by atoms with E-state index in [1.807, 2.05) is 53.7 Å². The van der Waals surface area contributed by atoms with Gasteiger partial charge in [-0.15, -0.1) is 0 Å².